The smallest absolute Gasteiger partial charge is 0.289 e. The molecule has 0 atom stereocenters. The van der Waals surface area contributed by atoms with E-state index in [1.54, 1.807) is 30.0 Å². The molecule has 0 unspecified atom stereocenters. The molecule has 2 heterocycles. The van der Waals surface area contributed by atoms with Crippen molar-refractivity contribution >= 4 is 22.8 Å². The average molecular weight is 380 g/mol. The molecule has 0 radical (unpaired) electrons. The van der Waals surface area contributed by atoms with Gasteiger partial charge in [-0.2, -0.15) is 0 Å². The number of rotatable bonds is 3. The van der Waals surface area contributed by atoms with Gasteiger partial charge in [0.05, 0.1) is 0 Å². The number of aryl methyl sites for hydroxylation is 1. The van der Waals surface area contributed by atoms with E-state index in [2.05, 4.69) is 5.32 Å². The molecule has 1 saturated heterocycles. The van der Waals surface area contributed by atoms with Gasteiger partial charge in [-0.1, -0.05) is 18.2 Å². The molecule has 144 valence electrons. The second kappa shape index (κ2) is 7.46. The number of hydrogen-bond donors (Lipinski definition) is 1. The van der Waals surface area contributed by atoms with Crippen molar-refractivity contribution in [3.8, 4) is 0 Å². The lowest BCUT2D eigenvalue weighted by Gasteiger charge is -2.32. The van der Waals surface area contributed by atoms with Crippen LogP contribution in [0.25, 0.3) is 11.0 Å². The standard InChI is InChI=1S/C22H21FN2O3/c1-14-18-13-16(23)7-8-19(18)28-20(14)22(27)25-11-9-17(10-12-25)24-21(26)15-5-3-2-4-6-15/h2-8,13,17H,9-12H2,1H3,(H,24,26). The van der Waals surface area contributed by atoms with E-state index in [9.17, 15) is 14.0 Å². The molecule has 2 amide bonds. The fourth-order valence-electron chi connectivity index (χ4n) is 3.63. The molecule has 5 nitrogen and oxygen atoms in total. The van der Waals surface area contributed by atoms with Gasteiger partial charge < -0.3 is 14.6 Å². The van der Waals surface area contributed by atoms with Gasteiger partial charge in [0.1, 0.15) is 11.4 Å². The van der Waals surface area contributed by atoms with E-state index >= 15 is 0 Å². The summed E-state index contributed by atoms with van der Waals surface area (Å²) in [6.07, 6.45) is 1.36. The monoisotopic (exact) mass is 380 g/mol. The molecule has 0 saturated carbocycles. The number of carbonyl (C=O) groups excluding carboxylic acids is 2. The maximum atomic E-state index is 13.5. The van der Waals surface area contributed by atoms with Crippen molar-refractivity contribution in [2.45, 2.75) is 25.8 Å². The quantitative estimate of drug-likeness (QED) is 0.749. The Bertz CT molecular complexity index is 1020. The second-order valence-electron chi connectivity index (χ2n) is 7.10. The fourth-order valence-corrected chi connectivity index (χ4v) is 3.63. The summed E-state index contributed by atoms with van der Waals surface area (Å²) in [5.74, 6) is -0.389. The van der Waals surface area contributed by atoms with Gasteiger partial charge in [0.2, 0.25) is 0 Å². The van der Waals surface area contributed by atoms with Gasteiger partial charge >= 0.3 is 0 Å². The van der Waals surface area contributed by atoms with Crippen LogP contribution in [0, 0.1) is 12.7 Å². The number of likely N-dealkylation sites (tertiary alicyclic amines) is 1. The molecule has 2 aromatic carbocycles. The third kappa shape index (κ3) is 3.50. The number of nitrogens with zero attached hydrogens (tertiary/aromatic N) is 1. The van der Waals surface area contributed by atoms with Crippen LogP contribution in [-0.4, -0.2) is 35.8 Å². The Morgan fingerprint density at radius 2 is 1.82 bits per heavy atom. The molecule has 1 aliphatic heterocycles. The highest BCUT2D eigenvalue weighted by atomic mass is 19.1. The molecule has 4 rings (SSSR count). The van der Waals surface area contributed by atoms with Crippen LogP contribution >= 0.6 is 0 Å². The molecule has 1 fully saturated rings. The van der Waals surface area contributed by atoms with Crippen LogP contribution in [0.5, 0.6) is 0 Å². The molecule has 0 aliphatic carbocycles. The summed E-state index contributed by atoms with van der Waals surface area (Å²) in [6.45, 7) is 2.83. The first kappa shape index (κ1) is 18.2. The van der Waals surface area contributed by atoms with Gasteiger partial charge in [0.15, 0.2) is 5.76 Å². The number of benzene rings is 2. The normalized spacial score (nSPS) is 15.0. The molecular formula is C22H21FN2O3. The summed E-state index contributed by atoms with van der Waals surface area (Å²) in [5, 5.41) is 3.65. The number of carbonyl (C=O) groups is 2. The second-order valence-corrected chi connectivity index (χ2v) is 7.10. The van der Waals surface area contributed by atoms with Crippen LogP contribution in [-0.2, 0) is 0 Å². The lowest BCUT2D eigenvalue weighted by Crippen LogP contribution is -2.46. The van der Waals surface area contributed by atoms with Crippen molar-refractivity contribution < 1.29 is 18.4 Å². The van der Waals surface area contributed by atoms with E-state index in [0.717, 1.165) is 0 Å². The van der Waals surface area contributed by atoms with Crippen LogP contribution in [0.3, 0.4) is 0 Å². The number of hydrogen-bond acceptors (Lipinski definition) is 3. The van der Waals surface area contributed by atoms with Crippen LogP contribution in [0.2, 0.25) is 0 Å². The predicted octanol–water partition coefficient (Wildman–Crippen LogP) is 3.91. The van der Waals surface area contributed by atoms with Crippen molar-refractivity contribution in [1.29, 1.82) is 0 Å². The fraction of sp³-hybridized carbons (Fsp3) is 0.273. The van der Waals surface area contributed by atoms with Gasteiger partial charge in [-0.25, -0.2) is 4.39 Å². The average Bonchev–Trinajstić information content (AvgIpc) is 3.04. The Balaban J connectivity index is 1.40. The zero-order chi connectivity index (χ0) is 19.7. The number of piperidine rings is 1. The highest BCUT2D eigenvalue weighted by Gasteiger charge is 2.28. The third-order valence-corrected chi connectivity index (χ3v) is 5.25. The van der Waals surface area contributed by atoms with E-state index in [1.807, 2.05) is 18.2 Å². The first-order valence-electron chi connectivity index (χ1n) is 9.37. The topological polar surface area (TPSA) is 62.6 Å². The molecular weight excluding hydrogens is 359 g/mol. The van der Waals surface area contributed by atoms with Gasteiger partial charge in [-0.15, -0.1) is 0 Å². The number of amides is 2. The van der Waals surface area contributed by atoms with Crippen LogP contribution in [0.4, 0.5) is 4.39 Å². The van der Waals surface area contributed by atoms with Crippen molar-refractivity contribution in [3.05, 3.63) is 71.2 Å². The number of nitrogens with one attached hydrogen (secondary N) is 1. The Hall–Kier alpha value is -3.15. The summed E-state index contributed by atoms with van der Waals surface area (Å²) in [7, 11) is 0. The van der Waals surface area contributed by atoms with Crippen LogP contribution < -0.4 is 5.32 Å². The van der Waals surface area contributed by atoms with E-state index in [0.29, 0.717) is 48.0 Å². The Kier molecular flexibility index (Phi) is 4.86. The minimum atomic E-state index is -0.356. The number of furan rings is 1. The predicted molar refractivity (Wildman–Crippen MR) is 104 cm³/mol. The van der Waals surface area contributed by atoms with Crippen molar-refractivity contribution in [2.75, 3.05) is 13.1 Å². The van der Waals surface area contributed by atoms with Crippen molar-refractivity contribution in [2.24, 2.45) is 0 Å². The number of fused-ring (bicyclic) bond motifs is 1. The van der Waals surface area contributed by atoms with Gasteiger partial charge in [-0.3, -0.25) is 9.59 Å². The van der Waals surface area contributed by atoms with Gasteiger partial charge in [-0.05, 0) is 50.1 Å². The third-order valence-electron chi connectivity index (χ3n) is 5.25. The molecule has 3 aromatic rings. The highest BCUT2D eigenvalue weighted by molar-refractivity contribution is 5.99. The zero-order valence-corrected chi connectivity index (χ0v) is 15.6. The molecule has 0 spiro atoms. The maximum absolute atomic E-state index is 13.5. The number of halogens is 1. The summed E-state index contributed by atoms with van der Waals surface area (Å²) < 4.78 is 19.2. The van der Waals surface area contributed by atoms with Crippen LogP contribution in [0.15, 0.2) is 52.9 Å². The van der Waals surface area contributed by atoms with E-state index in [1.165, 1.54) is 12.1 Å². The first-order chi connectivity index (χ1) is 13.5. The summed E-state index contributed by atoms with van der Waals surface area (Å²) in [5.41, 5.74) is 1.79. The van der Waals surface area contributed by atoms with E-state index in [-0.39, 0.29) is 29.4 Å². The SMILES string of the molecule is Cc1c(C(=O)N2CCC(NC(=O)c3ccccc3)CC2)oc2ccc(F)cc12. The van der Waals surface area contributed by atoms with Crippen molar-refractivity contribution in [3.63, 3.8) is 0 Å². The minimum absolute atomic E-state index is 0.0302. The van der Waals surface area contributed by atoms with E-state index < -0.39 is 0 Å². The molecule has 1 aliphatic rings. The Morgan fingerprint density at radius 3 is 2.54 bits per heavy atom. The lowest BCUT2D eigenvalue weighted by molar-refractivity contribution is 0.0668. The zero-order valence-electron chi connectivity index (χ0n) is 15.6. The minimum Gasteiger partial charge on any atom is -0.451 e. The first-order valence-corrected chi connectivity index (χ1v) is 9.37. The molecule has 0 bridgehead atoms. The highest BCUT2D eigenvalue weighted by Crippen LogP contribution is 2.27. The molecule has 6 heteroatoms. The molecule has 1 N–H and O–H groups in total. The summed E-state index contributed by atoms with van der Waals surface area (Å²) in [4.78, 5) is 26.9. The largest absolute Gasteiger partial charge is 0.451 e. The Morgan fingerprint density at radius 1 is 1.11 bits per heavy atom. The van der Waals surface area contributed by atoms with Crippen LogP contribution in [0.1, 0.15) is 39.3 Å². The van der Waals surface area contributed by atoms with Crippen molar-refractivity contribution in [1.82, 2.24) is 10.2 Å². The van der Waals surface area contributed by atoms with E-state index in [4.69, 9.17) is 4.42 Å². The summed E-state index contributed by atoms with van der Waals surface area (Å²) in [6, 6.07) is 13.4. The molecule has 1 aromatic heterocycles. The van der Waals surface area contributed by atoms with Gasteiger partial charge in [0.25, 0.3) is 11.8 Å². The summed E-state index contributed by atoms with van der Waals surface area (Å²) >= 11 is 0. The maximum Gasteiger partial charge on any atom is 0.289 e. The Labute approximate surface area is 162 Å². The molecule has 28 heavy (non-hydrogen) atoms. The van der Waals surface area contributed by atoms with Gasteiger partial charge in [0, 0.05) is 35.6 Å². The lowest BCUT2D eigenvalue weighted by atomic mass is 10.0.